The van der Waals surface area contributed by atoms with Gasteiger partial charge in [-0.05, 0) is 18.8 Å². The summed E-state index contributed by atoms with van der Waals surface area (Å²) in [7, 11) is 5.71. The van der Waals surface area contributed by atoms with Crippen LogP contribution in [0.2, 0.25) is 0 Å². The maximum Gasteiger partial charge on any atom is 0.327 e. The zero-order valence-corrected chi connectivity index (χ0v) is 15.0. The summed E-state index contributed by atoms with van der Waals surface area (Å²) in [5.74, 6) is 0.187. The molecule has 25 heavy (non-hydrogen) atoms. The number of rotatable bonds is 7. The molecule has 0 aromatic heterocycles. The van der Waals surface area contributed by atoms with E-state index in [2.05, 4.69) is 0 Å². The Balaban J connectivity index is 2.46. The first kappa shape index (κ1) is 18.8. The van der Waals surface area contributed by atoms with Crippen molar-refractivity contribution in [2.24, 2.45) is 5.92 Å². The SMILES string of the molecule is COc1cc(C(=O)N(C)CC2CCCC2)c([N+](=O)[O-])c(OC)c1OC. The molecule has 8 heteroatoms. The number of nitro groups is 1. The molecule has 1 aliphatic rings. The Kier molecular flexibility index (Phi) is 6.06. The Morgan fingerprint density at radius 1 is 1.20 bits per heavy atom. The molecule has 1 aliphatic carbocycles. The molecule has 1 aromatic carbocycles. The smallest absolute Gasteiger partial charge is 0.327 e. The molecule has 0 spiro atoms. The van der Waals surface area contributed by atoms with Gasteiger partial charge in [-0.1, -0.05) is 12.8 Å². The Labute approximate surface area is 146 Å². The third-order valence-electron chi connectivity index (χ3n) is 4.57. The summed E-state index contributed by atoms with van der Waals surface area (Å²) in [4.78, 5) is 25.4. The van der Waals surface area contributed by atoms with Crippen molar-refractivity contribution in [1.29, 1.82) is 0 Å². The van der Waals surface area contributed by atoms with Crippen LogP contribution in [-0.4, -0.2) is 50.7 Å². The van der Waals surface area contributed by atoms with Crippen LogP contribution in [0.1, 0.15) is 36.0 Å². The average molecular weight is 352 g/mol. The van der Waals surface area contributed by atoms with E-state index in [4.69, 9.17) is 14.2 Å². The van der Waals surface area contributed by atoms with Crippen LogP contribution in [0.5, 0.6) is 17.2 Å². The molecule has 0 saturated heterocycles. The van der Waals surface area contributed by atoms with Crippen molar-refractivity contribution >= 4 is 11.6 Å². The maximum atomic E-state index is 12.9. The number of amides is 1. The van der Waals surface area contributed by atoms with Crippen LogP contribution < -0.4 is 14.2 Å². The number of methoxy groups -OCH3 is 3. The Hall–Kier alpha value is -2.51. The van der Waals surface area contributed by atoms with Gasteiger partial charge in [0.25, 0.3) is 5.91 Å². The number of carbonyl (C=O) groups excluding carboxylic acids is 1. The molecule has 0 bridgehead atoms. The van der Waals surface area contributed by atoms with Gasteiger partial charge in [0.15, 0.2) is 5.75 Å². The second-order valence-electron chi connectivity index (χ2n) is 6.13. The van der Waals surface area contributed by atoms with E-state index in [9.17, 15) is 14.9 Å². The molecule has 0 unspecified atom stereocenters. The summed E-state index contributed by atoms with van der Waals surface area (Å²) < 4.78 is 15.5. The predicted octanol–water partition coefficient (Wildman–Crippen LogP) is 2.88. The first-order chi connectivity index (χ1) is 11.9. The van der Waals surface area contributed by atoms with Crippen molar-refractivity contribution in [3.05, 3.63) is 21.7 Å². The summed E-state index contributed by atoms with van der Waals surface area (Å²) >= 11 is 0. The number of benzene rings is 1. The van der Waals surface area contributed by atoms with Crippen molar-refractivity contribution in [2.45, 2.75) is 25.7 Å². The fraction of sp³-hybridized carbons (Fsp3) is 0.588. The van der Waals surface area contributed by atoms with E-state index in [0.717, 1.165) is 25.7 Å². The van der Waals surface area contributed by atoms with Gasteiger partial charge in [0.05, 0.1) is 26.3 Å². The lowest BCUT2D eigenvalue weighted by Crippen LogP contribution is -2.31. The molecular formula is C17H24N2O6. The third kappa shape index (κ3) is 3.78. The molecule has 1 saturated carbocycles. The lowest BCUT2D eigenvalue weighted by atomic mass is 10.1. The molecule has 8 nitrogen and oxygen atoms in total. The summed E-state index contributed by atoms with van der Waals surface area (Å²) in [5, 5.41) is 11.6. The van der Waals surface area contributed by atoms with E-state index in [1.165, 1.54) is 32.3 Å². The topological polar surface area (TPSA) is 91.1 Å². The van der Waals surface area contributed by atoms with Gasteiger partial charge in [-0.15, -0.1) is 0 Å². The van der Waals surface area contributed by atoms with Gasteiger partial charge in [0.1, 0.15) is 5.56 Å². The van der Waals surface area contributed by atoms with Gasteiger partial charge in [-0.3, -0.25) is 14.9 Å². The van der Waals surface area contributed by atoms with E-state index in [1.54, 1.807) is 7.05 Å². The highest BCUT2D eigenvalue weighted by Gasteiger charge is 2.34. The molecule has 1 fully saturated rings. The second kappa shape index (κ2) is 8.04. The molecule has 1 aromatic rings. The van der Waals surface area contributed by atoms with Crippen molar-refractivity contribution in [3.63, 3.8) is 0 Å². The van der Waals surface area contributed by atoms with Crippen LogP contribution >= 0.6 is 0 Å². The second-order valence-corrected chi connectivity index (χ2v) is 6.13. The fourth-order valence-corrected chi connectivity index (χ4v) is 3.35. The van der Waals surface area contributed by atoms with E-state index in [-0.39, 0.29) is 22.8 Å². The van der Waals surface area contributed by atoms with Crippen molar-refractivity contribution in [2.75, 3.05) is 34.9 Å². The Morgan fingerprint density at radius 3 is 2.28 bits per heavy atom. The van der Waals surface area contributed by atoms with Crippen LogP contribution in [0.25, 0.3) is 0 Å². The van der Waals surface area contributed by atoms with Crippen molar-refractivity contribution in [3.8, 4) is 17.2 Å². The van der Waals surface area contributed by atoms with Crippen molar-refractivity contribution < 1.29 is 23.9 Å². The highest BCUT2D eigenvalue weighted by molar-refractivity contribution is 6.00. The minimum Gasteiger partial charge on any atom is -0.493 e. The normalized spacial score (nSPS) is 14.2. The van der Waals surface area contributed by atoms with E-state index in [0.29, 0.717) is 12.5 Å². The van der Waals surface area contributed by atoms with E-state index < -0.39 is 16.5 Å². The molecule has 0 N–H and O–H groups in total. The van der Waals surface area contributed by atoms with Crippen LogP contribution in [0.4, 0.5) is 5.69 Å². The monoisotopic (exact) mass is 352 g/mol. The van der Waals surface area contributed by atoms with Gasteiger partial charge in [0.2, 0.25) is 11.5 Å². The summed E-state index contributed by atoms with van der Waals surface area (Å²) in [5.41, 5.74) is -0.483. The van der Waals surface area contributed by atoms with Crippen molar-refractivity contribution in [1.82, 2.24) is 4.90 Å². The zero-order chi connectivity index (χ0) is 18.6. The Bertz CT molecular complexity index is 655. The molecular weight excluding hydrogens is 328 g/mol. The number of nitro benzene ring substituents is 1. The van der Waals surface area contributed by atoms with Crippen LogP contribution in [0.3, 0.4) is 0 Å². The lowest BCUT2D eigenvalue weighted by molar-refractivity contribution is -0.386. The average Bonchev–Trinajstić information content (AvgIpc) is 3.11. The van der Waals surface area contributed by atoms with Gasteiger partial charge < -0.3 is 19.1 Å². The number of carbonyl (C=O) groups is 1. The molecule has 2 rings (SSSR count). The molecule has 0 aliphatic heterocycles. The first-order valence-electron chi connectivity index (χ1n) is 8.17. The highest BCUT2D eigenvalue weighted by atomic mass is 16.6. The predicted molar refractivity (Wildman–Crippen MR) is 91.7 cm³/mol. The highest BCUT2D eigenvalue weighted by Crippen LogP contribution is 2.46. The van der Waals surface area contributed by atoms with E-state index >= 15 is 0 Å². The quantitative estimate of drug-likeness (QED) is 0.553. The van der Waals surface area contributed by atoms with Crippen LogP contribution in [0.15, 0.2) is 6.07 Å². The molecule has 0 atom stereocenters. The Morgan fingerprint density at radius 2 is 1.80 bits per heavy atom. The largest absolute Gasteiger partial charge is 0.493 e. The van der Waals surface area contributed by atoms with E-state index in [1.807, 2.05) is 0 Å². The zero-order valence-electron chi connectivity index (χ0n) is 15.0. The van der Waals surface area contributed by atoms with Crippen LogP contribution in [-0.2, 0) is 0 Å². The maximum absolute atomic E-state index is 12.9. The van der Waals surface area contributed by atoms with Gasteiger partial charge in [0, 0.05) is 19.7 Å². The number of hydrogen-bond donors (Lipinski definition) is 0. The summed E-state index contributed by atoms with van der Waals surface area (Å²) in [6.45, 7) is 0.576. The summed E-state index contributed by atoms with van der Waals surface area (Å²) in [6, 6.07) is 1.34. The lowest BCUT2D eigenvalue weighted by Gasteiger charge is -2.22. The number of ether oxygens (including phenoxy) is 3. The molecule has 1 amide bonds. The third-order valence-corrected chi connectivity index (χ3v) is 4.57. The number of nitrogens with zero attached hydrogens (tertiary/aromatic N) is 2. The minimum absolute atomic E-state index is 0.0694. The van der Waals surface area contributed by atoms with Crippen LogP contribution in [0, 0.1) is 16.0 Å². The van der Waals surface area contributed by atoms with Gasteiger partial charge in [-0.2, -0.15) is 0 Å². The standard InChI is InChI=1S/C17H24N2O6/c1-18(10-11-7-5-6-8-11)17(20)12-9-13(23-2)15(24-3)16(25-4)14(12)19(21)22/h9,11H,5-8,10H2,1-4H3. The van der Waals surface area contributed by atoms with Gasteiger partial charge in [-0.25, -0.2) is 0 Å². The number of hydrogen-bond acceptors (Lipinski definition) is 6. The van der Waals surface area contributed by atoms with Gasteiger partial charge >= 0.3 is 5.69 Å². The molecule has 0 heterocycles. The summed E-state index contributed by atoms with van der Waals surface area (Å²) in [6.07, 6.45) is 4.48. The fourth-order valence-electron chi connectivity index (χ4n) is 3.35. The minimum atomic E-state index is -0.628. The molecule has 138 valence electrons. The molecule has 0 radical (unpaired) electrons. The first-order valence-corrected chi connectivity index (χ1v) is 8.17.